The fourth-order valence-corrected chi connectivity index (χ4v) is 4.25. The van der Waals surface area contributed by atoms with Gasteiger partial charge >= 0.3 is 5.97 Å². The van der Waals surface area contributed by atoms with E-state index < -0.39 is 17.6 Å². The summed E-state index contributed by atoms with van der Waals surface area (Å²) in [7, 11) is 0. The number of rotatable bonds is 9. The van der Waals surface area contributed by atoms with E-state index in [1.165, 1.54) is 31.2 Å². The van der Waals surface area contributed by atoms with Gasteiger partial charge in [0.25, 0.3) is 0 Å². The smallest absolute Gasteiger partial charge is 0.337 e. The zero-order chi connectivity index (χ0) is 18.9. The summed E-state index contributed by atoms with van der Waals surface area (Å²) in [4.78, 5) is 16.3. The molecule has 5 nitrogen and oxygen atoms in total. The van der Waals surface area contributed by atoms with Gasteiger partial charge in [-0.2, -0.15) is 0 Å². The van der Waals surface area contributed by atoms with Crippen LogP contribution in [0, 0.1) is 17.8 Å². The normalized spacial score (nSPS) is 22.9. The monoisotopic (exact) mass is 360 g/mol. The van der Waals surface area contributed by atoms with Crippen molar-refractivity contribution in [1.82, 2.24) is 4.98 Å². The highest BCUT2D eigenvalue weighted by Crippen LogP contribution is 2.38. The maximum atomic E-state index is 11.8. The molecule has 1 aromatic heterocycles. The third-order valence-corrected chi connectivity index (χ3v) is 6.07. The number of fused-ring (bicyclic) bond motifs is 1. The molecule has 1 fully saturated rings. The maximum Gasteiger partial charge on any atom is 0.337 e. The van der Waals surface area contributed by atoms with Crippen molar-refractivity contribution in [3.05, 3.63) is 29.1 Å². The molecule has 0 spiro atoms. The van der Waals surface area contributed by atoms with E-state index in [1.807, 2.05) is 19.9 Å². The lowest BCUT2D eigenvalue weighted by Gasteiger charge is -2.31. The number of pyridine rings is 1. The lowest BCUT2D eigenvalue weighted by atomic mass is 9.83. The number of aromatic nitrogens is 1. The number of nitrogens with two attached hydrogens (primary N) is 1. The fourth-order valence-electron chi connectivity index (χ4n) is 4.25. The minimum atomic E-state index is -1.97. The molecular formula is C21H32N2O3. The molecule has 0 amide bonds. The van der Waals surface area contributed by atoms with Crippen molar-refractivity contribution in [2.75, 3.05) is 0 Å². The summed E-state index contributed by atoms with van der Waals surface area (Å²) < 4.78 is 0. The number of aliphatic hydroxyl groups is 1. The number of carboxylic acids is 1. The Bertz CT molecular complexity index is 657. The first-order valence-corrected chi connectivity index (χ1v) is 9.96. The molecule has 26 heavy (non-hydrogen) atoms. The number of carboxylic acid groups (broad SMARTS) is 1. The van der Waals surface area contributed by atoms with Gasteiger partial charge in [0.2, 0.25) is 0 Å². The van der Waals surface area contributed by atoms with Crippen LogP contribution in [0.1, 0.15) is 62.8 Å². The molecule has 3 rings (SSSR count). The third-order valence-electron chi connectivity index (χ3n) is 6.07. The van der Waals surface area contributed by atoms with Crippen LogP contribution in [-0.4, -0.2) is 32.8 Å². The van der Waals surface area contributed by atoms with E-state index in [1.54, 1.807) is 6.20 Å². The zero-order valence-corrected chi connectivity index (χ0v) is 15.9. The molecule has 2 aliphatic rings. The van der Waals surface area contributed by atoms with Crippen LogP contribution < -0.4 is 5.73 Å². The number of carbonyl (C=O) groups is 1. The third kappa shape index (κ3) is 4.26. The standard InChI is InChI=1S/C21H32N2O3/c1-13(2)9-19(22)21(26,20(24)25)12-18-17-11-15(6-5-14-3-4-14)10-16(17)7-8-23-18/h7-8,13-15,19,26H,3-6,9-12,22H2,1-2H3,(H,24,25)/t15-,19-,21?/m0/s1. The van der Waals surface area contributed by atoms with Crippen molar-refractivity contribution in [2.24, 2.45) is 23.5 Å². The van der Waals surface area contributed by atoms with Crippen LogP contribution in [0.2, 0.25) is 0 Å². The van der Waals surface area contributed by atoms with Gasteiger partial charge in [0, 0.05) is 24.4 Å². The van der Waals surface area contributed by atoms with Crippen molar-refractivity contribution < 1.29 is 15.0 Å². The summed E-state index contributed by atoms with van der Waals surface area (Å²) in [6.07, 6.45) is 9.47. The van der Waals surface area contributed by atoms with Crippen molar-refractivity contribution in [2.45, 2.75) is 76.9 Å². The van der Waals surface area contributed by atoms with Crippen molar-refractivity contribution >= 4 is 5.97 Å². The molecular weight excluding hydrogens is 328 g/mol. The fraction of sp³-hybridized carbons (Fsp3) is 0.714. The zero-order valence-electron chi connectivity index (χ0n) is 15.9. The topological polar surface area (TPSA) is 96.4 Å². The maximum absolute atomic E-state index is 11.8. The van der Waals surface area contributed by atoms with Crippen molar-refractivity contribution in [1.29, 1.82) is 0 Å². The molecule has 2 aliphatic carbocycles. The predicted octanol–water partition coefficient (Wildman–Crippen LogP) is 2.72. The number of hydrogen-bond acceptors (Lipinski definition) is 4. The summed E-state index contributed by atoms with van der Waals surface area (Å²) in [6, 6.07) is 1.23. The van der Waals surface area contributed by atoms with E-state index in [0.717, 1.165) is 24.3 Å². The summed E-state index contributed by atoms with van der Waals surface area (Å²) in [5.74, 6) is 0.517. The van der Waals surface area contributed by atoms with Gasteiger partial charge in [0.1, 0.15) is 0 Å². The van der Waals surface area contributed by atoms with E-state index in [-0.39, 0.29) is 12.3 Å². The molecule has 0 aliphatic heterocycles. The summed E-state index contributed by atoms with van der Waals surface area (Å²) in [5, 5.41) is 20.5. The summed E-state index contributed by atoms with van der Waals surface area (Å²) in [6.45, 7) is 3.95. The van der Waals surface area contributed by atoms with E-state index >= 15 is 0 Å². The van der Waals surface area contributed by atoms with Crippen LogP contribution >= 0.6 is 0 Å². The molecule has 0 aromatic carbocycles. The van der Waals surface area contributed by atoms with E-state index in [0.29, 0.717) is 18.0 Å². The quantitative estimate of drug-likeness (QED) is 0.629. The van der Waals surface area contributed by atoms with Gasteiger partial charge in [-0.25, -0.2) is 4.79 Å². The lowest BCUT2D eigenvalue weighted by Crippen LogP contribution is -2.56. The second-order valence-corrected chi connectivity index (χ2v) is 8.83. The second kappa shape index (κ2) is 7.65. The van der Waals surface area contributed by atoms with Crippen LogP contribution in [-0.2, 0) is 24.1 Å². The van der Waals surface area contributed by atoms with Gasteiger partial charge in [-0.3, -0.25) is 4.98 Å². The first kappa shape index (κ1) is 19.3. The average Bonchev–Trinajstić information content (AvgIpc) is 3.30. The minimum Gasteiger partial charge on any atom is -0.479 e. The molecule has 1 aromatic rings. The lowest BCUT2D eigenvalue weighted by molar-refractivity contribution is -0.161. The number of aliphatic carboxylic acids is 1. The Balaban J connectivity index is 1.75. The average molecular weight is 360 g/mol. The predicted molar refractivity (Wildman–Crippen MR) is 101 cm³/mol. The van der Waals surface area contributed by atoms with Crippen molar-refractivity contribution in [3.63, 3.8) is 0 Å². The Morgan fingerprint density at radius 2 is 2.00 bits per heavy atom. The molecule has 0 radical (unpaired) electrons. The highest BCUT2D eigenvalue weighted by Gasteiger charge is 2.44. The first-order valence-electron chi connectivity index (χ1n) is 9.96. The Morgan fingerprint density at radius 3 is 2.62 bits per heavy atom. The van der Waals surface area contributed by atoms with E-state index in [2.05, 4.69) is 4.98 Å². The molecule has 5 heteroatoms. The molecule has 0 saturated heterocycles. The van der Waals surface area contributed by atoms with Crippen LogP contribution in [0.5, 0.6) is 0 Å². The second-order valence-electron chi connectivity index (χ2n) is 8.83. The Hall–Kier alpha value is -1.46. The molecule has 1 unspecified atom stereocenters. The Morgan fingerprint density at radius 1 is 1.31 bits per heavy atom. The highest BCUT2D eigenvalue weighted by atomic mass is 16.4. The van der Waals surface area contributed by atoms with Crippen LogP contribution in [0.15, 0.2) is 12.3 Å². The Labute approximate surface area is 156 Å². The minimum absolute atomic E-state index is 0.0191. The van der Waals surface area contributed by atoms with Crippen LogP contribution in [0.25, 0.3) is 0 Å². The highest BCUT2D eigenvalue weighted by molar-refractivity contribution is 5.78. The molecule has 0 bridgehead atoms. The molecule has 144 valence electrons. The molecule has 3 atom stereocenters. The Kier molecular flexibility index (Phi) is 5.68. The number of hydrogen-bond donors (Lipinski definition) is 3. The summed E-state index contributed by atoms with van der Waals surface area (Å²) >= 11 is 0. The summed E-state index contributed by atoms with van der Waals surface area (Å²) in [5.41, 5.74) is 7.25. The SMILES string of the molecule is CC(C)C[C@H](N)C(O)(Cc1nccc2c1C[C@@H](CCC1CC1)C2)C(=O)O. The largest absolute Gasteiger partial charge is 0.479 e. The van der Waals surface area contributed by atoms with Gasteiger partial charge in [0.05, 0.1) is 0 Å². The first-order chi connectivity index (χ1) is 12.3. The molecule has 1 heterocycles. The van der Waals surface area contributed by atoms with Gasteiger partial charge < -0.3 is 15.9 Å². The van der Waals surface area contributed by atoms with Gasteiger partial charge in [0.15, 0.2) is 5.60 Å². The van der Waals surface area contributed by atoms with E-state index in [4.69, 9.17) is 5.73 Å². The van der Waals surface area contributed by atoms with Crippen molar-refractivity contribution in [3.8, 4) is 0 Å². The molecule has 1 saturated carbocycles. The van der Waals surface area contributed by atoms with Crippen LogP contribution in [0.4, 0.5) is 0 Å². The number of nitrogens with zero attached hydrogens (tertiary/aromatic N) is 1. The van der Waals surface area contributed by atoms with Gasteiger partial charge in [-0.1, -0.05) is 33.1 Å². The molecule has 4 N–H and O–H groups in total. The van der Waals surface area contributed by atoms with Crippen LogP contribution in [0.3, 0.4) is 0 Å². The van der Waals surface area contributed by atoms with Gasteiger partial charge in [-0.15, -0.1) is 0 Å². The van der Waals surface area contributed by atoms with Gasteiger partial charge in [-0.05, 0) is 60.6 Å². The van der Waals surface area contributed by atoms with E-state index in [9.17, 15) is 15.0 Å².